The SMILES string of the molecule is O=C(O)COc1ccc(C=C2C(=O)Nc3ccc(Br)cc32)cc1. The van der Waals surface area contributed by atoms with Crippen molar-refractivity contribution in [3.05, 3.63) is 58.1 Å². The first-order chi connectivity index (χ1) is 11.0. The second-order valence-electron chi connectivity index (χ2n) is 4.95. The Bertz CT molecular complexity index is 812. The highest BCUT2D eigenvalue weighted by molar-refractivity contribution is 9.10. The molecule has 0 radical (unpaired) electrons. The summed E-state index contributed by atoms with van der Waals surface area (Å²) in [5, 5.41) is 11.4. The molecule has 0 aliphatic carbocycles. The van der Waals surface area contributed by atoms with E-state index in [1.54, 1.807) is 30.3 Å². The van der Waals surface area contributed by atoms with E-state index >= 15 is 0 Å². The molecule has 1 aliphatic heterocycles. The van der Waals surface area contributed by atoms with Crippen LogP contribution >= 0.6 is 15.9 Å². The first kappa shape index (κ1) is 15.3. The van der Waals surface area contributed by atoms with Crippen LogP contribution in [-0.4, -0.2) is 23.6 Å². The van der Waals surface area contributed by atoms with Crippen LogP contribution in [0.3, 0.4) is 0 Å². The van der Waals surface area contributed by atoms with Gasteiger partial charge in [0.25, 0.3) is 5.91 Å². The van der Waals surface area contributed by atoms with Gasteiger partial charge in [0.15, 0.2) is 6.61 Å². The fourth-order valence-electron chi connectivity index (χ4n) is 2.28. The average Bonchev–Trinajstić information content (AvgIpc) is 2.82. The minimum Gasteiger partial charge on any atom is -0.482 e. The van der Waals surface area contributed by atoms with Gasteiger partial charge < -0.3 is 15.2 Å². The number of amides is 1. The van der Waals surface area contributed by atoms with E-state index in [2.05, 4.69) is 21.2 Å². The molecule has 5 nitrogen and oxygen atoms in total. The lowest BCUT2D eigenvalue weighted by atomic mass is 10.0. The van der Waals surface area contributed by atoms with Gasteiger partial charge in [-0.1, -0.05) is 28.1 Å². The van der Waals surface area contributed by atoms with Crippen LogP contribution < -0.4 is 10.1 Å². The van der Waals surface area contributed by atoms with Crippen LogP contribution in [0.1, 0.15) is 11.1 Å². The zero-order chi connectivity index (χ0) is 16.4. The molecule has 0 saturated heterocycles. The van der Waals surface area contributed by atoms with Crippen molar-refractivity contribution < 1.29 is 19.4 Å². The van der Waals surface area contributed by atoms with Crippen LogP contribution in [0.5, 0.6) is 5.75 Å². The molecule has 0 saturated carbocycles. The fourth-order valence-corrected chi connectivity index (χ4v) is 2.64. The van der Waals surface area contributed by atoms with E-state index in [-0.39, 0.29) is 12.5 Å². The van der Waals surface area contributed by atoms with Crippen molar-refractivity contribution in [2.75, 3.05) is 11.9 Å². The molecule has 0 atom stereocenters. The number of benzene rings is 2. The Morgan fingerprint density at radius 2 is 1.96 bits per heavy atom. The molecular formula is C17H12BrNO4. The van der Waals surface area contributed by atoms with E-state index < -0.39 is 5.97 Å². The van der Waals surface area contributed by atoms with Gasteiger partial charge in [-0.2, -0.15) is 0 Å². The molecule has 1 amide bonds. The molecular weight excluding hydrogens is 362 g/mol. The molecule has 23 heavy (non-hydrogen) atoms. The highest BCUT2D eigenvalue weighted by Gasteiger charge is 2.23. The molecule has 2 aromatic carbocycles. The number of ether oxygens (including phenoxy) is 1. The van der Waals surface area contributed by atoms with Gasteiger partial charge in [-0.05, 0) is 42.0 Å². The molecule has 0 spiro atoms. The second kappa shape index (κ2) is 6.26. The van der Waals surface area contributed by atoms with Gasteiger partial charge in [-0.15, -0.1) is 0 Å². The Morgan fingerprint density at radius 3 is 2.65 bits per heavy atom. The molecule has 0 unspecified atom stereocenters. The first-order valence-electron chi connectivity index (χ1n) is 6.80. The summed E-state index contributed by atoms with van der Waals surface area (Å²) in [5.41, 5.74) is 3.03. The van der Waals surface area contributed by atoms with Crippen molar-refractivity contribution in [1.82, 2.24) is 0 Å². The summed E-state index contributed by atoms with van der Waals surface area (Å²) in [6.07, 6.45) is 1.79. The lowest BCUT2D eigenvalue weighted by Crippen LogP contribution is -2.09. The summed E-state index contributed by atoms with van der Waals surface area (Å²) in [6, 6.07) is 12.5. The molecule has 2 N–H and O–H groups in total. The summed E-state index contributed by atoms with van der Waals surface area (Å²) in [7, 11) is 0. The van der Waals surface area contributed by atoms with Crippen LogP contribution in [0.25, 0.3) is 11.6 Å². The highest BCUT2D eigenvalue weighted by Crippen LogP contribution is 2.35. The number of fused-ring (bicyclic) bond motifs is 1. The summed E-state index contributed by atoms with van der Waals surface area (Å²) in [4.78, 5) is 22.6. The Labute approximate surface area is 140 Å². The van der Waals surface area contributed by atoms with Crippen molar-refractivity contribution in [3.8, 4) is 5.75 Å². The topological polar surface area (TPSA) is 75.6 Å². The molecule has 0 fully saturated rings. The quantitative estimate of drug-likeness (QED) is 0.805. The molecule has 3 rings (SSSR count). The summed E-state index contributed by atoms with van der Waals surface area (Å²) in [6.45, 7) is -0.385. The Morgan fingerprint density at radius 1 is 1.22 bits per heavy atom. The Kier molecular flexibility index (Phi) is 4.16. The van der Waals surface area contributed by atoms with Gasteiger partial charge in [-0.25, -0.2) is 4.79 Å². The fraction of sp³-hybridized carbons (Fsp3) is 0.0588. The lowest BCUT2D eigenvalue weighted by Gasteiger charge is -2.04. The third kappa shape index (κ3) is 3.43. The molecule has 1 heterocycles. The molecule has 6 heteroatoms. The van der Waals surface area contributed by atoms with Crippen molar-refractivity contribution >= 4 is 45.1 Å². The number of carboxylic acid groups (broad SMARTS) is 1. The van der Waals surface area contributed by atoms with Crippen molar-refractivity contribution in [1.29, 1.82) is 0 Å². The molecule has 2 aromatic rings. The number of anilines is 1. The summed E-state index contributed by atoms with van der Waals surface area (Å²) < 4.78 is 5.98. The number of carbonyl (C=O) groups excluding carboxylic acids is 1. The molecule has 0 aromatic heterocycles. The highest BCUT2D eigenvalue weighted by atomic mass is 79.9. The number of hydrogen-bond donors (Lipinski definition) is 2. The molecule has 116 valence electrons. The smallest absolute Gasteiger partial charge is 0.341 e. The van der Waals surface area contributed by atoms with Crippen LogP contribution in [0, 0.1) is 0 Å². The molecule has 1 aliphatic rings. The zero-order valence-corrected chi connectivity index (χ0v) is 13.5. The monoisotopic (exact) mass is 373 g/mol. The first-order valence-corrected chi connectivity index (χ1v) is 7.60. The minimum absolute atomic E-state index is 0.149. The standard InChI is InChI=1S/C17H12BrNO4/c18-11-3-6-15-13(8-11)14(17(22)19-15)7-10-1-4-12(5-2-10)23-9-16(20)21/h1-8H,9H2,(H,19,22)(H,20,21). The predicted octanol–water partition coefficient (Wildman–Crippen LogP) is 3.41. The van der Waals surface area contributed by atoms with E-state index in [4.69, 9.17) is 9.84 Å². The van der Waals surface area contributed by atoms with Gasteiger partial charge in [0, 0.05) is 21.3 Å². The van der Waals surface area contributed by atoms with Crippen LogP contribution in [-0.2, 0) is 9.59 Å². The van der Waals surface area contributed by atoms with E-state index in [1.165, 1.54) is 0 Å². The van der Waals surface area contributed by atoms with Crippen molar-refractivity contribution in [3.63, 3.8) is 0 Å². The largest absolute Gasteiger partial charge is 0.482 e. The van der Waals surface area contributed by atoms with Crippen molar-refractivity contribution in [2.45, 2.75) is 0 Å². The summed E-state index contributed by atoms with van der Waals surface area (Å²) in [5.74, 6) is -0.709. The predicted molar refractivity (Wildman–Crippen MR) is 90.2 cm³/mol. The van der Waals surface area contributed by atoms with Crippen LogP contribution in [0.2, 0.25) is 0 Å². The number of rotatable bonds is 4. The number of carboxylic acids is 1. The van der Waals surface area contributed by atoms with Gasteiger partial charge >= 0.3 is 5.97 Å². The number of halogens is 1. The minimum atomic E-state index is -1.03. The zero-order valence-electron chi connectivity index (χ0n) is 11.9. The van der Waals surface area contributed by atoms with Crippen molar-refractivity contribution in [2.24, 2.45) is 0 Å². The third-order valence-corrected chi connectivity index (χ3v) is 3.81. The van der Waals surface area contributed by atoms with Crippen LogP contribution in [0.15, 0.2) is 46.9 Å². The summed E-state index contributed by atoms with van der Waals surface area (Å²) >= 11 is 3.41. The maximum atomic E-state index is 12.1. The Balaban J connectivity index is 1.86. The molecule has 0 bridgehead atoms. The second-order valence-corrected chi connectivity index (χ2v) is 5.87. The normalized spacial score (nSPS) is 14.5. The lowest BCUT2D eigenvalue weighted by molar-refractivity contribution is -0.139. The van der Waals surface area contributed by atoms with E-state index in [0.717, 1.165) is 21.3 Å². The van der Waals surface area contributed by atoms with Crippen LogP contribution in [0.4, 0.5) is 5.69 Å². The number of hydrogen-bond acceptors (Lipinski definition) is 3. The number of aliphatic carboxylic acids is 1. The Hall–Kier alpha value is -2.60. The van der Waals surface area contributed by atoms with Gasteiger partial charge in [0.2, 0.25) is 0 Å². The van der Waals surface area contributed by atoms with Gasteiger partial charge in [0.1, 0.15) is 5.75 Å². The average molecular weight is 374 g/mol. The van der Waals surface area contributed by atoms with E-state index in [9.17, 15) is 9.59 Å². The maximum Gasteiger partial charge on any atom is 0.341 e. The third-order valence-electron chi connectivity index (χ3n) is 3.32. The number of nitrogens with one attached hydrogen (secondary N) is 1. The van der Waals surface area contributed by atoms with E-state index in [1.807, 2.05) is 18.2 Å². The van der Waals surface area contributed by atoms with Gasteiger partial charge in [-0.3, -0.25) is 4.79 Å². The van der Waals surface area contributed by atoms with E-state index in [0.29, 0.717) is 11.3 Å². The maximum absolute atomic E-state index is 12.1. The number of carbonyl (C=O) groups is 2. The van der Waals surface area contributed by atoms with Gasteiger partial charge in [0.05, 0.1) is 0 Å².